The number of rotatable bonds is 6. The lowest BCUT2D eigenvalue weighted by Crippen LogP contribution is -2.36. The fourth-order valence-electron chi connectivity index (χ4n) is 3.15. The molecule has 2 N–H and O–H groups in total. The lowest BCUT2D eigenvalue weighted by atomic mass is 10.1. The molecule has 1 fully saturated rings. The predicted molar refractivity (Wildman–Crippen MR) is 105 cm³/mol. The number of methoxy groups -OCH3 is 1. The average molecular weight is 430 g/mol. The molecule has 1 aromatic rings. The van der Waals surface area contributed by atoms with E-state index in [1.165, 1.54) is 13.5 Å². The molecule has 3 atom stereocenters. The molecule has 0 aromatic carbocycles. The molecule has 28 heavy (non-hydrogen) atoms. The molecule has 1 saturated heterocycles. The van der Waals surface area contributed by atoms with Gasteiger partial charge < -0.3 is 24.8 Å². The quantitative estimate of drug-likeness (QED) is 0.309. The number of carbonyl (C=O) groups excluding carboxylic acids is 1. The molecule has 0 saturated carbocycles. The first kappa shape index (κ1) is 20.8. The summed E-state index contributed by atoms with van der Waals surface area (Å²) in [5.41, 5.74) is 0.741. The van der Waals surface area contributed by atoms with Gasteiger partial charge in [0.2, 0.25) is 11.2 Å². The van der Waals surface area contributed by atoms with Crippen LogP contribution in [0.2, 0.25) is 10.4 Å². The molecule has 9 nitrogen and oxygen atoms in total. The third-order valence-corrected chi connectivity index (χ3v) is 4.59. The van der Waals surface area contributed by atoms with E-state index in [0.717, 1.165) is 0 Å². The van der Waals surface area contributed by atoms with Crippen LogP contribution in [0, 0.1) is 0 Å². The number of nitrogens with one attached hydrogen (secondary N) is 2. The van der Waals surface area contributed by atoms with Gasteiger partial charge in [0.1, 0.15) is 17.9 Å². The van der Waals surface area contributed by atoms with Gasteiger partial charge in [0, 0.05) is 12.1 Å². The minimum absolute atomic E-state index is 0.0461. The Hall–Kier alpha value is -1.94. The third kappa shape index (κ3) is 4.22. The topological polar surface area (TPSA) is 107 Å². The molecule has 1 amide bonds. The van der Waals surface area contributed by atoms with Crippen LogP contribution in [-0.2, 0) is 19.0 Å². The zero-order valence-corrected chi connectivity index (χ0v) is 17.3. The molecule has 1 aliphatic carbocycles. The molecule has 1 aliphatic heterocycles. The number of likely N-dealkylation sites (N-methyl/N-ethyl adjacent to an activating group) is 1. The van der Waals surface area contributed by atoms with E-state index in [1.807, 2.05) is 6.92 Å². The van der Waals surface area contributed by atoms with E-state index < -0.39 is 24.0 Å². The highest BCUT2D eigenvalue weighted by atomic mass is 35.5. The molecule has 2 heterocycles. The molecule has 11 heteroatoms. The summed E-state index contributed by atoms with van der Waals surface area (Å²) in [6.45, 7) is 5.94. The van der Waals surface area contributed by atoms with Crippen molar-refractivity contribution in [2.45, 2.75) is 44.8 Å². The molecular weight excluding hydrogens is 409 g/mol. The number of aliphatic imine (C=N–C) groups is 1. The standard InChI is InChI=1S/C17H21Cl2N5O4/c1-5-20-15(25)8-6-9(12-11(8)27-17(2,3)28-12)22-14-10(21-7-26-4)13(18)23-16(19)24-14/h6-7,9,11-12H,5H2,1-4H3,(H,20,25)(H,22,23,24)/t9-,11-,12+/m1/s1. The second kappa shape index (κ2) is 8.20. The van der Waals surface area contributed by atoms with Gasteiger partial charge in [0.15, 0.2) is 23.2 Å². The van der Waals surface area contributed by atoms with Crippen LogP contribution >= 0.6 is 23.2 Å². The molecule has 3 rings (SSSR count). The van der Waals surface area contributed by atoms with Crippen LogP contribution in [0.5, 0.6) is 0 Å². The smallest absolute Gasteiger partial charge is 0.249 e. The third-order valence-electron chi connectivity index (χ3n) is 4.15. The number of aromatic nitrogens is 2. The normalized spacial score (nSPS) is 25.5. The van der Waals surface area contributed by atoms with Crippen molar-refractivity contribution >= 4 is 47.0 Å². The van der Waals surface area contributed by atoms with E-state index in [9.17, 15) is 4.79 Å². The largest absolute Gasteiger partial charge is 0.486 e. The van der Waals surface area contributed by atoms with Gasteiger partial charge in [0.05, 0.1) is 13.2 Å². The Morgan fingerprint density at radius 3 is 2.82 bits per heavy atom. The first-order chi connectivity index (χ1) is 13.3. The highest BCUT2D eigenvalue weighted by Crippen LogP contribution is 2.41. The van der Waals surface area contributed by atoms with Crippen LogP contribution in [0.1, 0.15) is 20.8 Å². The summed E-state index contributed by atoms with van der Waals surface area (Å²) in [5.74, 6) is -0.762. The van der Waals surface area contributed by atoms with Crippen molar-refractivity contribution in [3.05, 3.63) is 22.1 Å². The Kier molecular flexibility index (Phi) is 6.09. The Labute approximate surface area is 172 Å². The number of hydrogen-bond acceptors (Lipinski definition) is 8. The number of nitrogens with zero attached hydrogens (tertiary/aromatic N) is 3. The number of anilines is 1. The van der Waals surface area contributed by atoms with Crippen LogP contribution in [-0.4, -0.2) is 60.0 Å². The number of hydrogen-bond donors (Lipinski definition) is 2. The van der Waals surface area contributed by atoms with E-state index in [1.54, 1.807) is 19.9 Å². The van der Waals surface area contributed by atoms with Gasteiger partial charge >= 0.3 is 0 Å². The highest BCUT2D eigenvalue weighted by molar-refractivity contribution is 6.34. The van der Waals surface area contributed by atoms with Crippen molar-refractivity contribution in [2.24, 2.45) is 4.99 Å². The summed E-state index contributed by atoms with van der Waals surface area (Å²) in [6, 6.07) is -0.428. The van der Waals surface area contributed by atoms with E-state index in [4.69, 9.17) is 37.4 Å². The molecule has 0 unspecified atom stereocenters. The van der Waals surface area contributed by atoms with Gasteiger partial charge in [-0.15, -0.1) is 0 Å². The van der Waals surface area contributed by atoms with Crippen molar-refractivity contribution in [3.8, 4) is 0 Å². The molecule has 0 spiro atoms. The number of fused-ring (bicyclic) bond motifs is 1. The maximum Gasteiger partial charge on any atom is 0.249 e. The fourth-order valence-corrected chi connectivity index (χ4v) is 3.58. The zero-order valence-electron chi connectivity index (χ0n) is 15.8. The maximum absolute atomic E-state index is 12.5. The number of carbonyl (C=O) groups is 1. The molecule has 152 valence electrons. The Morgan fingerprint density at radius 2 is 2.14 bits per heavy atom. The lowest BCUT2D eigenvalue weighted by molar-refractivity contribution is -0.146. The van der Waals surface area contributed by atoms with Crippen molar-refractivity contribution < 1.29 is 19.0 Å². The fraction of sp³-hybridized carbons (Fsp3) is 0.529. The van der Waals surface area contributed by atoms with E-state index in [2.05, 4.69) is 25.6 Å². The Morgan fingerprint density at radius 1 is 1.39 bits per heavy atom. The first-order valence-corrected chi connectivity index (χ1v) is 9.41. The summed E-state index contributed by atoms with van der Waals surface area (Å²) < 4.78 is 16.8. The molecule has 1 aromatic heterocycles. The van der Waals surface area contributed by atoms with E-state index in [0.29, 0.717) is 12.1 Å². The molecule has 2 aliphatic rings. The Bertz CT molecular complexity index is 830. The molecular formula is C17H21Cl2N5O4. The van der Waals surface area contributed by atoms with Gasteiger partial charge in [-0.3, -0.25) is 4.79 Å². The minimum Gasteiger partial charge on any atom is -0.486 e. The maximum atomic E-state index is 12.5. The van der Waals surface area contributed by atoms with E-state index in [-0.39, 0.29) is 27.8 Å². The second-order valence-electron chi connectivity index (χ2n) is 6.62. The van der Waals surface area contributed by atoms with Crippen LogP contribution in [0.3, 0.4) is 0 Å². The summed E-state index contributed by atoms with van der Waals surface area (Å²) in [4.78, 5) is 24.6. The van der Waals surface area contributed by atoms with Crippen LogP contribution < -0.4 is 10.6 Å². The van der Waals surface area contributed by atoms with Crippen molar-refractivity contribution in [3.63, 3.8) is 0 Å². The van der Waals surface area contributed by atoms with Gasteiger partial charge in [0.25, 0.3) is 0 Å². The van der Waals surface area contributed by atoms with Gasteiger partial charge in [-0.25, -0.2) is 9.98 Å². The Balaban J connectivity index is 1.95. The van der Waals surface area contributed by atoms with E-state index >= 15 is 0 Å². The van der Waals surface area contributed by atoms with Crippen LogP contribution in [0.25, 0.3) is 0 Å². The monoisotopic (exact) mass is 429 g/mol. The second-order valence-corrected chi connectivity index (χ2v) is 7.32. The number of ether oxygens (including phenoxy) is 3. The number of amides is 1. The summed E-state index contributed by atoms with van der Waals surface area (Å²) in [5, 5.41) is 5.99. The van der Waals surface area contributed by atoms with Gasteiger partial charge in [-0.2, -0.15) is 4.98 Å². The summed E-state index contributed by atoms with van der Waals surface area (Å²) >= 11 is 12.1. The SMILES string of the molecule is CCNC(=O)C1=C[C@@H](Nc2nc(Cl)nc(Cl)c2N=COC)[C@@H]2OC(C)(C)O[C@H]12. The van der Waals surface area contributed by atoms with Crippen LogP contribution in [0.4, 0.5) is 11.5 Å². The minimum atomic E-state index is -0.834. The molecule has 0 bridgehead atoms. The molecule has 0 radical (unpaired) electrons. The first-order valence-electron chi connectivity index (χ1n) is 8.66. The summed E-state index contributed by atoms with van der Waals surface area (Å²) in [7, 11) is 1.45. The van der Waals surface area contributed by atoms with Crippen molar-refractivity contribution in [1.82, 2.24) is 15.3 Å². The van der Waals surface area contributed by atoms with Gasteiger partial charge in [-0.05, 0) is 38.4 Å². The van der Waals surface area contributed by atoms with Crippen molar-refractivity contribution in [1.29, 1.82) is 0 Å². The predicted octanol–water partition coefficient (Wildman–Crippen LogP) is 2.47. The lowest BCUT2D eigenvalue weighted by Gasteiger charge is -2.22. The average Bonchev–Trinajstić information content (AvgIpc) is 3.08. The van der Waals surface area contributed by atoms with Crippen molar-refractivity contribution in [2.75, 3.05) is 19.0 Å². The number of halogens is 2. The zero-order chi connectivity index (χ0) is 20.5. The van der Waals surface area contributed by atoms with Gasteiger partial charge in [-0.1, -0.05) is 11.6 Å². The summed E-state index contributed by atoms with van der Waals surface area (Å²) in [6.07, 6.45) is 2.00. The highest BCUT2D eigenvalue weighted by Gasteiger charge is 2.51. The van der Waals surface area contributed by atoms with Crippen LogP contribution in [0.15, 0.2) is 16.6 Å².